The molecule has 0 saturated carbocycles. The van der Waals surface area contributed by atoms with Crippen LogP contribution in [0.1, 0.15) is 13.8 Å². The molecule has 0 aliphatic heterocycles. The zero-order valence-corrected chi connectivity index (χ0v) is 12.2. The molecule has 0 heterocycles. The highest BCUT2D eigenvalue weighted by Gasteiger charge is 2.33. The third kappa shape index (κ3) is 3.34. The van der Waals surface area contributed by atoms with Crippen LogP contribution in [-0.4, -0.2) is 16.9 Å². The summed E-state index contributed by atoms with van der Waals surface area (Å²) < 4.78 is 13.5. The van der Waals surface area contributed by atoms with Crippen LogP contribution in [0.3, 0.4) is 0 Å². The van der Waals surface area contributed by atoms with Crippen molar-refractivity contribution in [2.24, 2.45) is 0 Å². The van der Waals surface area contributed by atoms with Crippen LogP contribution in [0, 0.1) is 0 Å². The maximum Gasteiger partial charge on any atom is 0.146 e. The van der Waals surface area contributed by atoms with Crippen molar-refractivity contribution < 1.29 is 9.67 Å². The van der Waals surface area contributed by atoms with E-state index in [1.54, 1.807) is 13.8 Å². The summed E-state index contributed by atoms with van der Waals surface area (Å²) in [5.41, 5.74) is -0.971. The Morgan fingerprint density at radius 3 is 1.58 bits per heavy atom. The summed E-state index contributed by atoms with van der Waals surface area (Å²) >= 11 is 0. The van der Waals surface area contributed by atoms with E-state index in [0.717, 1.165) is 10.6 Å². The number of aliphatic hydroxyl groups is 1. The Morgan fingerprint density at radius 1 is 0.895 bits per heavy atom. The predicted molar refractivity (Wildman–Crippen MR) is 80.9 cm³/mol. The fraction of sp³-hybridized carbons (Fsp3) is 0.250. The van der Waals surface area contributed by atoms with E-state index in [4.69, 9.17) is 0 Å². The van der Waals surface area contributed by atoms with Crippen molar-refractivity contribution in [1.82, 2.24) is 0 Å². The van der Waals surface area contributed by atoms with Crippen molar-refractivity contribution in [2.75, 3.05) is 6.16 Å². The van der Waals surface area contributed by atoms with Crippen LogP contribution in [0.5, 0.6) is 0 Å². The Hall–Kier alpha value is -1.37. The molecule has 19 heavy (non-hydrogen) atoms. The number of hydrogen-bond donors (Lipinski definition) is 1. The van der Waals surface area contributed by atoms with E-state index >= 15 is 0 Å². The van der Waals surface area contributed by atoms with Gasteiger partial charge in [-0.1, -0.05) is 60.7 Å². The molecule has 0 bridgehead atoms. The second kappa shape index (κ2) is 5.32. The lowest BCUT2D eigenvalue weighted by molar-refractivity contribution is 0.105. The first-order valence-electron chi connectivity index (χ1n) is 6.34. The summed E-state index contributed by atoms with van der Waals surface area (Å²) in [6.45, 7) is 3.40. The van der Waals surface area contributed by atoms with E-state index in [9.17, 15) is 9.67 Å². The van der Waals surface area contributed by atoms with E-state index in [2.05, 4.69) is 0 Å². The van der Waals surface area contributed by atoms with Crippen LogP contribution >= 0.6 is 7.14 Å². The first-order chi connectivity index (χ1) is 8.92. The summed E-state index contributed by atoms with van der Waals surface area (Å²) in [6, 6.07) is 18.8. The third-order valence-electron chi connectivity index (χ3n) is 2.96. The van der Waals surface area contributed by atoms with Gasteiger partial charge in [0.2, 0.25) is 0 Å². The van der Waals surface area contributed by atoms with Crippen molar-refractivity contribution in [3.05, 3.63) is 60.7 Å². The van der Waals surface area contributed by atoms with Crippen molar-refractivity contribution in [3.8, 4) is 0 Å². The van der Waals surface area contributed by atoms with Gasteiger partial charge in [0, 0.05) is 16.8 Å². The minimum absolute atomic E-state index is 0.244. The topological polar surface area (TPSA) is 37.3 Å². The van der Waals surface area contributed by atoms with E-state index in [1.165, 1.54) is 0 Å². The molecule has 0 amide bonds. The molecule has 0 aliphatic rings. The van der Waals surface area contributed by atoms with Crippen molar-refractivity contribution in [2.45, 2.75) is 19.4 Å². The van der Waals surface area contributed by atoms with Crippen molar-refractivity contribution in [3.63, 3.8) is 0 Å². The predicted octanol–water partition coefficient (Wildman–Crippen LogP) is 2.77. The molecule has 0 saturated heterocycles. The maximum atomic E-state index is 13.5. The SMILES string of the molecule is CC(C)(O)CP(=O)(c1ccccc1)c1ccccc1. The van der Waals surface area contributed by atoms with Crippen molar-refractivity contribution >= 4 is 17.8 Å². The Balaban J connectivity index is 2.55. The highest BCUT2D eigenvalue weighted by Crippen LogP contribution is 2.45. The highest BCUT2D eigenvalue weighted by molar-refractivity contribution is 7.78. The van der Waals surface area contributed by atoms with Gasteiger partial charge in [-0.25, -0.2) is 0 Å². The lowest BCUT2D eigenvalue weighted by atomic mass is 10.2. The molecule has 0 radical (unpaired) electrons. The van der Waals surface area contributed by atoms with Gasteiger partial charge >= 0.3 is 0 Å². The molecule has 0 aliphatic carbocycles. The quantitative estimate of drug-likeness (QED) is 0.870. The minimum atomic E-state index is -2.80. The third-order valence-corrected chi connectivity index (χ3v) is 6.44. The van der Waals surface area contributed by atoms with Gasteiger partial charge in [0.15, 0.2) is 0 Å². The fourth-order valence-corrected chi connectivity index (χ4v) is 5.27. The molecule has 0 aromatic heterocycles. The van der Waals surface area contributed by atoms with E-state index in [0.29, 0.717) is 0 Å². The van der Waals surface area contributed by atoms with Crippen LogP contribution in [0.4, 0.5) is 0 Å². The second-order valence-electron chi connectivity index (χ2n) is 5.38. The van der Waals surface area contributed by atoms with Gasteiger partial charge < -0.3 is 9.67 Å². The van der Waals surface area contributed by atoms with E-state index in [-0.39, 0.29) is 6.16 Å². The molecule has 1 N–H and O–H groups in total. The van der Waals surface area contributed by atoms with E-state index in [1.807, 2.05) is 60.7 Å². The average Bonchev–Trinajstić information content (AvgIpc) is 2.39. The lowest BCUT2D eigenvalue weighted by Crippen LogP contribution is -2.31. The first kappa shape index (κ1) is 14.0. The molecule has 0 atom stereocenters. The second-order valence-corrected chi connectivity index (χ2v) is 8.21. The van der Waals surface area contributed by atoms with Gasteiger partial charge in [-0.2, -0.15) is 0 Å². The lowest BCUT2D eigenvalue weighted by Gasteiger charge is -2.26. The number of rotatable bonds is 4. The average molecular weight is 274 g/mol. The molecule has 2 aromatic carbocycles. The normalized spacial score (nSPS) is 12.4. The summed E-state index contributed by atoms with van der Waals surface area (Å²) in [5.74, 6) is 0. The van der Waals surface area contributed by atoms with Crippen LogP contribution in [0.2, 0.25) is 0 Å². The van der Waals surface area contributed by atoms with Gasteiger partial charge in [-0.3, -0.25) is 0 Å². The molecule has 2 aromatic rings. The Labute approximate surface area is 114 Å². The highest BCUT2D eigenvalue weighted by atomic mass is 31.2. The molecular weight excluding hydrogens is 255 g/mol. The summed E-state index contributed by atoms with van der Waals surface area (Å²) in [6.07, 6.45) is 0.244. The van der Waals surface area contributed by atoms with Gasteiger partial charge in [0.25, 0.3) is 0 Å². The smallest absolute Gasteiger partial charge is 0.146 e. The molecule has 2 rings (SSSR count). The molecule has 0 unspecified atom stereocenters. The van der Waals surface area contributed by atoms with Crippen LogP contribution in [0.25, 0.3) is 0 Å². The zero-order valence-electron chi connectivity index (χ0n) is 11.3. The first-order valence-corrected chi connectivity index (χ1v) is 8.24. The Bertz CT molecular complexity index is 527. The summed E-state index contributed by atoms with van der Waals surface area (Å²) in [7, 11) is -2.80. The number of hydrogen-bond acceptors (Lipinski definition) is 2. The molecule has 0 spiro atoms. The fourth-order valence-electron chi connectivity index (χ4n) is 2.21. The maximum absolute atomic E-state index is 13.5. The monoisotopic (exact) mass is 274 g/mol. The number of benzene rings is 2. The standard InChI is InChI=1S/C16H19O2P/c1-16(2,17)13-19(18,14-9-5-3-6-10-14)15-11-7-4-8-12-15/h3-12,17H,13H2,1-2H3. The van der Waals surface area contributed by atoms with Gasteiger partial charge in [-0.05, 0) is 13.8 Å². The van der Waals surface area contributed by atoms with Crippen LogP contribution < -0.4 is 10.6 Å². The molecule has 2 nitrogen and oxygen atoms in total. The zero-order chi connectivity index (χ0) is 13.9. The van der Waals surface area contributed by atoms with Gasteiger partial charge in [0.05, 0.1) is 5.60 Å². The van der Waals surface area contributed by atoms with Crippen molar-refractivity contribution in [1.29, 1.82) is 0 Å². The Morgan fingerprint density at radius 2 is 1.26 bits per heavy atom. The van der Waals surface area contributed by atoms with E-state index < -0.39 is 12.7 Å². The van der Waals surface area contributed by atoms with Crippen LogP contribution in [-0.2, 0) is 4.57 Å². The largest absolute Gasteiger partial charge is 0.390 e. The summed E-state index contributed by atoms with van der Waals surface area (Å²) in [5, 5.41) is 11.7. The van der Waals surface area contributed by atoms with Crippen LogP contribution in [0.15, 0.2) is 60.7 Å². The molecule has 3 heteroatoms. The molecule has 100 valence electrons. The van der Waals surface area contributed by atoms with Gasteiger partial charge in [-0.15, -0.1) is 0 Å². The van der Waals surface area contributed by atoms with Gasteiger partial charge in [0.1, 0.15) is 7.14 Å². The summed E-state index contributed by atoms with van der Waals surface area (Å²) in [4.78, 5) is 0. The molecule has 0 fully saturated rings. The molecular formula is C16H19O2P. The Kier molecular flexibility index (Phi) is 3.93. The minimum Gasteiger partial charge on any atom is -0.390 e.